The average Bonchev–Trinajstić information content (AvgIpc) is 2.63. The molecule has 0 radical (unpaired) electrons. The van der Waals surface area contributed by atoms with Gasteiger partial charge in [-0.2, -0.15) is 0 Å². The number of alkyl halides is 1. The molecule has 0 spiro atoms. The Labute approximate surface area is 96.3 Å². The number of anilines is 1. The first kappa shape index (κ1) is 10.7. The molecular formula is C12H17ClN2. The molecule has 0 aromatic carbocycles. The van der Waals surface area contributed by atoms with Crippen LogP contribution in [0.15, 0.2) is 18.3 Å². The van der Waals surface area contributed by atoms with Gasteiger partial charge >= 0.3 is 0 Å². The largest absolute Gasteiger partial charge is 0.356 e. The van der Waals surface area contributed by atoms with Gasteiger partial charge in [0.15, 0.2) is 0 Å². The lowest BCUT2D eigenvalue weighted by Gasteiger charge is -2.23. The molecule has 0 N–H and O–H groups in total. The number of hydrogen-bond acceptors (Lipinski definition) is 2. The molecule has 1 saturated heterocycles. The summed E-state index contributed by atoms with van der Waals surface area (Å²) in [6.07, 6.45) is 3.02. The van der Waals surface area contributed by atoms with E-state index in [1.807, 2.05) is 12.3 Å². The second kappa shape index (κ2) is 4.01. The van der Waals surface area contributed by atoms with Crippen LogP contribution in [-0.2, 0) is 0 Å². The maximum absolute atomic E-state index is 5.99. The minimum atomic E-state index is 0.255. The predicted molar refractivity (Wildman–Crippen MR) is 64.6 cm³/mol. The topological polar surface area (TPSA) is 16.1 Å². The zero-order valence-corrected chi connectivity index (χ0v) is 10.1. The normalized spacial score (nSPS) is 25.9. The fraction of sp³-hybridized carbons (Fsp3) is 0.583. The van der Waals surface area contributed by atoms with Crippen molar-refractivity contribution in [2.75, 3.05) is 23.9 Å². The van der Waals surface area contributed by atoms with Gasteiger partial charge in [0.1, 0.15) is 5.82 Å². The van der Waals surface area contributed by atoms with Gasteiger partial charge in [-0.05, 0) is 25.0 Å². The minimum absolute atomic E-state index is 0.255. The van der Waals surface area contributed by atoms with E-state index in [1.54, 1.807) is 0 Å². The van der Waals surface area contributed by atoms with E-state index in [2.05, 4.69) is 29.8 Å². The third kappa shape index (κ3) is 2.10. The molecule has 1 aromatic heterocycles. The van der Waals surface area contributed by atoms with Crippen molar-refractivity contribution in [3.8, 4) is 0 Å². The molecule has 0 aliphatic carbocycles. The van der Waals surface area contributed by atoms with E-state index in [0.29, 0.717) is 0 Å². The van der Waals surface area contributed by atoms with Crippen LogP contribution in [0.5, 0.6) is 0 Å². The molecule has 3 heteroatoms. The van der Waals surface area contributed by atoms with E-state index >= 15 is 0 Å². The van der Waals surface area contributed by atoms with Crippen molar-refractivity contribution in [3.05, 3.63) is 23.9 Å². The summed E-state index contributed by atoms with van der Waals surface area (Å²) in [7, 11) is 0. The molecule has 82 valence electrons. The monoisotopic (exact) mass is 224 g/mol. The molecule has 15 heavy (non-hydrogen) atoms. The van der Waals surface area contributed by atoms with Gasteiger partial charge in [0.05, 0.1) is 0 Å². The van der Waals surface area contributed by atoms with Gasteiger partial charge in [-0.15, -0.1) is 11.6 Å². The molecule has 0 saturated carbocycles. The van der Waals surface area contributed by atoms with Crippen LogP contribution in [0.4, 0.5) is 5.82 Å². The van der Waals surface area contributed by atoms with E-state index in [-0.39, 0.29) is 5.41 Å². The first-order chi connectivity index (χ1) is 7.14. The number of rotatable bonds is 2. The van der Waals surface area contributed by atoms with Crippen LogP contribution in [-0.4, -0.2) is 24.0 Å². The van der Waals surface area contributed by atoms with Crippen LogP contribution >= 0.6 is 11.6 Å². The lowest BCUT2D eigenvalue weighted by atomic mass is 9.93. The van der Waals surface area contributed by atoms with Gasteiger partial charge in [-0.3, -0.25) is 0 Å². The molecule has 1 atom stereocenters. The highest BCUT2D eigenvalue weighted by molar-refractivity contribution is 6.18. The van der Waals surface area contributed by atoms with Gasteiger partial charge in [0.25, 0.3) is 0 Å². The standard InChI is InChI=1S/C12H17ClN2/c1-10-4-3-6-14-11(10)15-7-5-12(2,8-13)9-15/h3-4,6H,5,7-9H2,1-2H3. The first-order valence-corrected chi connectivity index (χ1v) is 5.91. The number of aromatic nitrogens is 1. The number of pyridine rings is 1. The average molecular weight is 225 g/mol. The van der Waals surface area contributed by atoms with E-state index in [4.69, 9.17) is 11.6 Å². The molecule has 1 fully saturated rings. The van der Waals surface area contributed by atoms with E-state index in [0.717, 1.165) is 31.2 Å². The summed E-state index contributed by atoms with van der Waals surface area (Å²) >= 11 is 5.99. The summed E-state index contributed by atoms with van der Waals surface area (Å²) in [5, 5.41) is 0. The molecule has 1 aromatic rings. The Morgan fingerprint density at radius 1 is 1.60 bits per heavy atom. The zero-order chi connectivity index (χ0) is 10.9. The summed E-state index contributed by atoms with van der Waals surface area (Å²) in [5.74, 6) is 1.85. The van der Waals surface area contributed by atoms with Crippen LogP contribution < -0.4 is 4.90 Å². The molecule has 2 nitrogen and oxygen atoms in total. The van der Waals surface area contributed by atoms with E-state index in [1.165, 1.54) is 5.56 Å². The fourth-order valence-electron chi connectivity index (χ4n) is 2.12. The summed E-state index contributed by atoms with van der Waals surface area (Å²) in [6, 6.07) is 4.09. The zero-order valence-electron chi connectivity index (χ0n) is 9.33. The Morgan fingerprint density at radius 3 is 3.00 bits per heavy atom. The van der Waals surface area contributed by atoms with Crippen LogP contribution in [0.1, 0.15) is 18.9 Å². The highest BCUT2D eigenvalue weighted by Crippen LogP contribution is 2.34. The molecule has 1 aliphatic heterocycles. The van der Waals surface area contributed by atoms with Gasteiger partial charge in [-0.25, -0.2) is 4.98 Å². The summed E-state index contributed by atoms with van der Waals surface area (Å²) in [4.78, 5) is 6.79. The second-order valence-corrected chi connectivity index (χ2v) is 5.03. The number of nitrogens with zero attached hydrogens (tertiary/aromatic N) is 2. The lowest BCUT2D eigenvalue weighted by molar-refractivity contribution is 0.425. The summed E-state index contributed by atoms with van der Waals surface area (Å²) < 4.78 is 0. The third-order valence-electron chi connectivity index (χ3n) is 3.16. The molecule has 0 bridgehead atoms. The van der Waals surface area contributed by atoms with E-state index < -0.39 is 0 Å². The van der Waals surface area contributed by atoms with Crippen molar-refractivity contribution >= 4 is 17.4 Å². The quantitative estimate of drug-likeness (QED) is 0.719. The van der Waals surface area contributed by atoms with Crippen LogP contribution in [0.3, 0.4) is 0 Å². The van der Waals surface area contributed by atoms with Gasteiger partial charge in [0.2, 0.25) is 0 Å². The van der Waals surface area contributed by atoms with Gasteiger partial charge in [0, 0.05) is 30.6 Å². The minimum Gasteiger partial charge on any atom is -0.356 e. The Morgan fingerprint density at radius 2 is 2.40 bits per heavy atom. The Balaban J connectivity index is 2.18. The predicted octanol–water partition coefficient (Wildman–Crippen LogP) is 2.85. The maximum atomic E-state index is 5.99. The lowest BCUT2D eigenvalue weighted by Crippen LogP contribution is -2.27. The van der Waals surface area contributed by atoms with Crippen molar-refractivity contribution in [1.82, 2.24) is 4.98 Å². The molecule has 0 amide bonds. The van der Waals surface area contributed by atoms with Crippen molar-refractivity contribution < 1.29 is 0 Å². The third-order valence-corrected chi connectivity index (χ3v) is 3.81. The van der Waals surface area contributed by atoms with Crippen molar-refractivity contribution in [1.29, 1.82) is 0 Å². The second-order valence-electron chi connectivity index (χ2n) is 4.76. The van der Waals surface area contributed by atoms with Crippen LogP contribution in [0.25, 0.3) is 0 Å². The summed E-state index contributed by atoms with van der Waals surface area (Å²) in [5.41, 5.74) is 1.50. The van der Waals surface area contributed by atoms with Gasteiger partial charge < -0.3 is 4.90 Å². The van der Waals surface area contributed by atoms with Gasteiger partial charge in [-0.1, -0.05) is 13.0 Å². The Bertz CT molecular complexity index is 353. The maximum Gasteiger partial charge on any atom is 0.131 e. The first-order valence-electron chi connectivity index (χ1n) is 5.37. The molecular weight excluding hydrogens is 208 g/mol. The number of hydrogen-bond donors (Lipinski definition) is 0. The SMILES string of the molecule is Cc1cccnc1N1CCC(C)(CCl)C1. The van der Waals surface area contributed by atoms with Crippen molar-refractivity contribution in [2.24, 2.45) is 5.41 Å². The van der Waals surface area contributed by atoms with Crippen LogP contribution in [0.2, 0.25) is 0 Å². The molecule has 2 heterocycles. The smallest absolute Gasteiger partial charge is 0.131 e. The fourth-order valence-corrected chi connectivity index (χ4v) is 2.34. The number of aryl methyl sites for hydroxylation is 1. The Hall–Kier alpha value is -0.760. The molecule has 1 unspecified atom stereocenters. The molecule has 2 rings (SSSR count). The highest BCUT2D eigenvalue weighted by Gasteiger charge is 2.33. The number of halogens is 1. The highest BCUT2D eigenvalue weighted by atomic mass is 35.5. The molecule has 1 aliphatic rings. The van der Waals surface area contributed by atoms with Crippen molar-refractivity contribution in [3.63, 3.8) is 0 Å². The Kier molecular flexibility index (Phi) is 2.87. The van der Waals surface area contributed by atoms with E-state index in [9.17, 15) is 0 Å². The van der Waals surface area contributed by atoms with Crippen LogP contribution in [0, 0.1) is 12.3 Å². The van der Waals surface area contributed by atoms with Crippen molar-refractivity contribution in [2.45, 2.75) is 20.3 Å². The summed E-state index contributed by atoms with van der Waals surface area (Å²) in [6.45, 7) is 6.45.